The molecule has 2 aromatic rings. The highest BCUT2D eigenvalue weighted by Gasteiger charge is 2.53. The third-order valence-electron chi connectivity index (χ3n) is 16.4. The number of carbonyl (C=O) groups is 2. The topological polar surface area (TPSA) is 247 Å². The van der Waals surface area contributed by atoms with Crippen molar-refractivity contribution in [2.75, 3.05) is 68.3 Å². The summed E-state index contributed by atoms with van der Waals surface area (Å²) in [6.07, 6.45) is -5.55. The van der Waals surface area contributed by atoms with Crippen LogP contribution < -0.4 is 5.43 Å². The van der Waals surface area contributed by atoms with Crippen molar-refractivity contribution in [1.82, 2.24) is 14.4 Å². The molecule has 0 radical (unpaired) electrons. The highest BCUT2D eigenvalue weighted by atomic mass is 16.7. The van der Waals surface area contributed by atoms with E-state index >= 15 is 0 Å². The standard InChI is InChI=1S/C56H93N3O17/c1-16-43-56(10,67)48(62)36(6)58(13)30-32(2)28-54(8,66)49(76-53-46(61)42(57(11)12)26-33(3)72-53)34(4)47(35(5)52(65)74-43)75-44-29-55(9,69-15)50(37(7)73-44)71-25-24-70-22-17-18-38-19-20-41-39(27-38)45(60)40(51(63)64)31-59(41)21-23-68-14/h19-20,27,31-37,42-44,46-50,53,61-62,66-67H,16-18,21-26,28-30H2,1-15H3,(H,63,64)/t32-,33-,34+,35-,36-,37+,42+,43-,44+,46-,47+,48?,49-,50+,53+,54-,55-,56-/m1/s1. The molecule has 4 heterocycles. The Morgan fingerprint density at radius 2 is 1.62 bits per heavy atom. The molecule has 0 spiro atoms. The fourth-order valence-corrected chi connectivity index (χ4v) is 11.9. The van der Waals surface area contributed by atoms with Gasteiger partial charge in [-0.2, -0.15) is 0 Å². The Bertz CT molecular complexity index is 2240. The van der Waals surface area contributed by atoms with Crippen LogP contribution in [0.15, 0.2) is 29.2 Å². The molecule has 20 nitrogen and oxygen atoms in total. The Morgan fingerprint density at radius 1 is 0.921 bits per heavy atom. The quantitative estimate of drug-likeness (QED) is 0.0976. The minimum absolute atomic E-state index is 0.162. The van der Waals surface area contributed by atoms with Gasteiger partial charge in [-0.15, -0.1) is 0 Å². The lowest BCUT2D eigenvalue weighted by Gasteiger charge is -2.49. The van der Waals surface area contributed by atoms with E-state index in [0.717, 1.165) is 5.56 Å². The normalized spacial score (nSPS) is 37.7. The number of nitrogens with zero attached hydrogens (tertiary/aromatic N) is 3. The molecule has 18 atom stereocenters. The number of pyridine rings is 1. The summed E-state index contributed by atoms with van der Waals surface area (Å²) in [7, 11) is 8.75. The van der Waals surface area contributed by atoms with Crippen LogP contribution in [0.3, 0.4) is 0 Å². The number of hydrogen-bond acceptors (Lipinski definition) is 18. The molecule has 434 valence electrons. The van der Waals surface area contributed by atoms with Crippen molar-refractivity contribution in [2.45, 2.75) is 205 Å². The Kier molecular flexibility index (Phi) is 22.9. The van der Waals surface area contributed by atoms with Gasteiger partial charge in [0.2, 0.25) is 5.43 Å². The first-order valence-corrected chi connectivity index (χ1v) is 27.2. The van der Waals surface area contributed by atoms with E-state index < -0.39 is 107 Å². The number of hydrogen-bond donors (Lipinski definition) is 5. The van der Waals surface area contributed by atoms with Gasteiger partial charge in [0.05, 0.1) is 66.9 Å². The van der Waals surface area contributed by atoms with Crippen LogP contribution in [-0.4, -0.2) is 210 Å². The van der Waals surface area contributed by atoms with Crippen molar-refractivity contribution < 1.29 is 77.8 Å². The first-order valence-electron chi connectivity index (χ1n) is 27.2. The summed E-state index contributed by atoms with van der Waals surface area (Å²) >= 11 is 0. The highest BCUT2D eigenvalue weighted by Crippen LogP contribution is 2.41. The summed E-state index contributed by atoms with van der Waals surface area (Å²) in [6, 6.07) is 4.62. The van der Waals surface area contributed by atoms with Crippen molar-refractivity contribution in [3.05, 3.63) is 45.7 Å². The number of esters is 1. The summed E-state index contributed by atoms with van der Waals surface area (Å²) in [5.41, 5.74) is -3.74. The zero-order valence-electron chi connectivity index (χ0n) is 47.9. The number of aliphatic hydroxyl groups is 4. The van der Waals surface area contributed by atoms with Gasteiger partial charge in [-0.1, -0.05) is 26.8 Å². The van der Waals surface area contributed by atoms with E-state index in [1.54, 1.807) is 52.5 Å². The zero-order chi connectivity index (χ0) is 56.6. The van der Waals surface area contributed by atoms with Crippen LogP contribution >= 0.6 is 0 Å². The third kappa shape index (κ3) is 15.2. The lowest BCUT2D eigenvalue weighted by Crippen LogP contribution is -2.61. The minimum atomic E-state index is -1.84. The predicted octanol–water partition coefficient (Wildman–Crippen LogP) is 4.23. The average molecular weight is 1080 g/mol. The molecule has 1 unspecified atom stereocenters. The summed E-state index contributed by atoms with van der Waals surface area (Å²) in [5, 5.41) is 58.2. The van der Waals surface area contributed by atoms with E-state index in [0.29, 0.717) is 56.5 Å². The molecule has 3 fully saturated rings. The summed E-state index contributed by atoms with van der Waals surface area (Å²) < 4.78 is 58.4. The maximum absolute atomic E-state index is 14.6. The first-order chi connectivity index (χ1) is 35.6. The van der Waals surface area contributed by atoms with Crippen LogP contribution in [0.25, 0.3) is 10.9 Å². The number of benzene rings is 1. The number of likely N-dealkylation sites (N-methyl/N-ethyl adjacent to an activating group) is 2. The van der Waals surface area contributed by atoms with Crippen molar-refractivity contribution >= 4 is 22.8 Å². The molecular weight excluding hydrogens is 987 g/mol. The van der Waals surface area contributed by atoms with Crippen LogP contribution in [-0.2, 0) is 60.4 Å². The number of aromatic carboxylic acids is 1. The van der Waals surface area contributed by atoms with Crippen molar-refractivity contribution in [1.29, 1.82) is 0 Å². The molecule has 0 saturated carbocycles. The highest BCUT2D eigenvalue weighted by molar-refractivity contribution is 5.92. The summed E-state index contributed by atoms with van der Waals surface area (Å²) in [5.74, 6) is -4.02. The number of rotatable bonds is 19. The Morgan fingerprint density at radius 3 is 2.25 bits per heavy atom. The Balaban J connectivity index is 1.34. The van der Waals surface area contributed by atoms with E-state index in [1.807, 2.05) is 77.7 Å². The number of fused-ring (bicyclic) bond motifs is 1. The van der Waals surface area contributed by atoms with Gasteiger partial charge in [-0.05, 0) is 125 Å². The molecule has 1 aromatic carbocycles. The first kappa shape index (κ1) is 63.6. The number of aryl methyl sites for hydroxylation is 1. The molecule has 1 aromatic heterocycles. The van der Waals surface area contributed by atoms with Gasteiger partial charge in [0.25, 0.3) is 0 Å². The number of carboxylic acids is 1. The molecule has 0 bridgehead atoms. The minimum Gasteiger partial charge on any atom is -0.477 e. The van der Waals surface area contributed by atoms with Crippen LogP contribution in [0.2, 0.25) is 0 Å². The van der Waals surface area contributed by atoms with Crippen molar-refractivity contribution in [2.24, 2.45) is 17.8 Å². The smallest absolute Gasteiger partial charge is 0.341 e. The molecule has 20 heteroatoms. The van der Waals surface area contributed by atoms with Crippen LogP contribution in [0.1, 0.15) is 117 Å². The number of aromatic nitrogens is 1. The Labute approximate surface area is 450 Å². The molecule has 0 aliphatic carbocycles. The van der Waals surface area contributed by atoms with Gasteiger partial charge < -0.3 is 82.5 Å². The van der Waals surface area contributed by atoms with E-state index in [9.17, 15) is 39.9 Å². The number of carboxylic acid groups (broad SMARTS) is 1. The predicted molar refractivity (Wildman–Crippen MR) is 284 cm³/mol. The Hall–Kier alpha value is -3.19. The second kappa shape index (κ2) is 27.3. The molecule has 0 amide bonds. The van der Waals surface area contributed by atoms with Gasteiger partial charge in [-0.3, -0.25) is 9.59 Å². The summed E-state index contributed by atoms with van der Waals surface area (Å²) in [4.78, 5) is 43.4. The fourth-order valence-electron chi connectivity index (χ4n) is 11.9. The SMILES string of the molecule is CC[C@H]1OC(=O)[C@H](C)[C@@H](O[C@H]2C[C@@](C)(OC)[C@@H](OCCOCCCc3ccc4c(c3)c(=O)c(C(=O)O)cn4CCOC)[C@H](C)O2)[C@H](C)[C@@H](O[C@@H]2O[C@H](C)C[C@H](N(C)C)[C@H]2O)[C@](C)(O)C[C@@H](C)CN(C)[C@H](C)C(O)[C@]1(C)O. The van der Waals surface area contributed by atoms with Gasteiger partial charge in [-0.25, -0.2) is 4.79 Å². The molecule has 3 aliphatic rings. The van der Waals surface area contributed by atoms with Gasteiger partial charge in [0.15, 0.2) is 12.6 Å². The average Bonchev–Trinajstić information content (AvgIpc) is 3.35. The maximum Gasteiger partial charge on any atom is 0.341 e. The van der Waals surface area contributed by atoms with Gasteiger partial charge in [0, 0.05) is 69.9 Å². The van der Waals surface area contributed by atoms with E-state index in [1.165, 1.54) is 13.1 Å². The molecule has 3 saturated heterocycles. The zero-order valence-corrected chi connectivity index (χ0v) is 47.9. The summed E-state index contributed by atoms with van der Waals surface area (Å²) in [6.45, 7) is 19.9. The largest absolute Gasteiger partial charge is 0.477 e. The number of cyclic esters (lactones) is 1. The third-order valence-corrected chi connectivity index (χ3v) is 16.4. The molecular formula is C56H93N3O17. The fraction of sp³-hybridized carbons (Fsp3) is 0.804. The van der Waals surface area contributed by atoms with E-state index in [2.05, 4.69) is 0 Å². The maximum atomic E-state index is 14.6. The molecule has 5 N–H and O–H groups in total. The second-order valence-corrected chi connectivity index (χ2v) is 22.9. The van der Waals surface area contributed by atoms with Crippen LogP contribution in [0.4, 0.5) is 0 Å². The van der Waals surface area contributed by atoms with E-state index in [-0.39, 0.29) is 56.1 Å². The molecule has 3 aliphatic heterocycles. The van der Waals surface area contributed by atoms with Crippen molar-refractivity contribution in [3.8, 4) is 0 Å². The molecule has 76 heavy (non-hydrogen) atoms. The number of aliphatic hydroxyl groups excluding tert-OH is 2. The van der Waals surface area contributed by atoms with E-state index in [4.69, 9.17) is 42.6 Å². The molecule has 5 rings (SSSR count). The number of methoxy groups -OCH3 is 2. The lowest BCUT2D eigenvalue weighted by atomic mass is 9.77. The van der Waals surface area contributed by atoms with Gasteiger partial charge >= 0.3 is 11.9 Å². The van der Waals surface area contributed by atoms with Crippen LogP contribution in [0.5, 0.6) is 0 Å². The second-order valence-electron chi connectivity index (χ2n) is 22.9. The van der Waals surface area contributed by atoms with Crippen LogP contribution in [0, 0.1) is 17.8 Å². The van der Waals surface area contributed by atoms with Gasteiger partial charge in [0.1, 0.15) is 35.6 Å². The number of ether oxygens (including phenoxy) is 9. The van der Waals surface area contributed by atoms with Crippen molar-refractivity contribution in [3.63, 3.8) is 0 Å². The number of carbonyl (C=O) groups excluding carboxylic acids is 1. The monoisotopic (exact) mass is 1080 g/mol. The lowest BCUT2D eigenvalue weighted by molar-refractivity contribution is -0.321.